The molecule has 0 aliphatic heterocycles. The SMILES string of the molecule is Cc1cc(C)n(-c2ccc(C(=O)NCCc3ccccn3)cc2)n1. The molecule has 0 aliphatic rings. The number of carbonyl (C=O) groups is 1. The molecule has 1 N–H and O–H groups in total. The number of pyridine rings is 1. The topological polar surface area (TPSA) is 59.8 Å². The molecule has 0 saturated heterocycles. The van der Waals surface area contributed by atoms with Crippen LogP contribution in [0.4, 0.5) is 0 Å². The number of benzene rings is 1. The van der Waals surface area contributed by atoms with Crippen molar-refractivity contribution in [3.8, 4) is 5.69 Å². The molecule has 1 amide bonds. The molecular formula is C19H20N4O. The van der Waals surface area contributed by atoms with Crippen molar-refractivity contribution in [1.82, 2.24) is 20.1 Å². The van der Waals surface area contributed by atoms with E-state index < -0.39 is 0 Å². The third-order valence-electron chi connectivity index (χ3n) is 3.78. The first-order valence-electron chi connectivity index (χ1n) is 7.95. The van der Waals surface area contributed by atoms with Crippen molar-refractivity contribution in [2.24, 2.45) is 0 Å². The fourth-order valence-electron chi connectivity index (χ4n) is 2.60. The van der Waals surface area contributed by atoms with Gasteiger partial charge in [0.15, 0.2) is 0 Å². The summed E-state index contributed by atoms with van der Waals surface area (Å²) in [4.78, 5) is 16.4. The molecule has 0 aliphatic carbocycles. The molecule has 0 radical (unpaired) electrons. The minimum absolute atomic E-state index is 0.0779. The van der Waals surface area contributed by atoms with Gasteiger partial charge in [-0.05, 0) is 56.3 Å². The predicted molar refractivity (Wildman–Crippen MR) is 93.3 cm³/mol. The minimum atomic E-state index is -0.0779. The van der Waals surface area contributed by atoms with Crippen LogP contribution in [0.3, 0.4) is 0 Å². The number of carbonyl (C=O) groups excluding carboxylic acids is 1. The largest absolute Gasteiger partial charge is 0.352 e. The lowest BCUT2D eigenvalue weighted by atomic mass is 10.2. The van der Waals surface area contributed by atoms with Crippen molar-refractivity contribution in [2.45, 2.75) is 20.3 Å². The van der Waals surface area contributed by atoms with E-state index in [0.29, 0.717) is 12.1 Å². The summed E-state index contributed by atoms with van der Waals surface area (Å²) >= 11 is 0. The van der Waals surface area contributed by atoms with E-state index in [1.54, 1.807) is 6.20 Å². The van der Waals surface area contributed by atoms with E-state index >= 15 is 0 Å². The van der Waals surface area contributed by atoms with Gasteiger partial charge in [-0.25, -0.2) is 4.68 Å². The average molecular weight is 320 g/mol. The zero-order valence-corrected chi connectivity index (χ0v) is 13.9. The Bertz CT molecular complexity index is 822. The van der Waals surface area contributed by atoms with Crippen LogP contribution in [0.5, 0.6) is 0 Å². The highest BCUT2D eigenvalue weighted by Gasteiger charge is 2.07. The van der Waals surface area contributed by atoms with Crippen molar-refractivity contribution >= 4 is 5.91 Å². The van der Waals surface area contributed by atoms with Crippen molar-refractivity contribution in [2.75, 3.05) is 6.54 Å². The molecule has 3 rings (SSSR count). The van der Waals surface area contributed by atoms with Gasteiger partial charge in [0.25, 0.3) is 5.91 Å². The molecule has 24 heavy (non-hydrogen) atoms. The summed E-state index contributed by atoms with van der Waals surface area (Å²) in [5.74, 6) is -0.0779. The molecule has 3 aromatic rings. The number of amides is 1. The number of nitrogens with one attached hydrogen (secondary N) is 1. The van der Waals surface area contributed by atoms with E-state index in [9.17, 15) is 4.79 Å². The molecule has 0 spiro atoms. The molecule has 1 aromatic carbocycles. The molecule has 0 unspecified atom stereocenters. The molecule has 122 valence electrons. The van der Waals surface area contributed by atoms with Gasteiger partial charge >= 0.3 is 0 Å². The Morgan fingerprint density at radius 3 is 2.54 bits per heavy atom. The van der Waals surface area contributed by atoms with Gasteiger partial charge in [0.1, 0.15) is 0 Å². The number of aromatic nitrogens is 3. The van der Waals surface area contributed by atoms with Crippen LogP contribution < -0.4 is 5.32 Å². The quantitative estimate of drug-likeness (QED) is 0.786. The van der Waals surface area contributed by atoms with E-state index in [1.165, 1.54) is 0 Å². The average Bonchev–Trinajstić information content (AvgIpc) is 2.94. The first-order chi connectivity index (χ1) is 11.6. The van der Waals surface area contributed by atoms with Crippen LogP contribution in [0.15, 0.2) is 54.7 Å². The van der Waals surface area contributed by atoms with Crippen LogP contribution in [-0.4, -0.2) is 27.2 Å². The summed E-state index contributed by atoms with van der Waals surface area (Å²) in [6, 6.07) is 15.3. The summed E-state index contributed by atoms with van der Waals surface area (Å²) in [6.07, 6.45) is 2.48. The first kappa shape index (κ1) is 15.9. The molecular weight excluding hydrogens is 300 g/mol. The third kappa shape index (κ3) is 3.68. The van der Waals surface area contributed by atoms with Gasteiger partial charge in [-0.1, -0.05) is 6.07 Å². The van der Waals surface area contributed by atoms with E-state index in [1.807, 2.05) is 67.1 Å². The number of hydrogen-bond donors (Lipinski definition) is 1. The Hall–Kier alpha value is -2.95. The van der Waals surface area contributed by atoms with Crippen LogP contribution in [-0.2, 0) is 6.42 Å². The number of aryl methyl sites for hydroxylation is 2. The van der Waals surface area contributed by atoms with Gasteiger partial charge < -0.3 is 5.32 Å². The minimum Gasteiger partial charge on any atom is -0.352 e. The van der Waals surface area contributed by atoms with Crippen LogP contribution in [0.25, 0.3) is 5.69 Å². The summed E-state index contributed by atoms with van der Waals surface area (Å²) in [7, 11) is 0. The summed E-state index contributed by atoms with van der Waals surface area (Å²) in [5.41, 5.74) is 4.61. The highest BCUT2D eigenvalue weighted by Crippen LogP contribution is 2.13. The molecule has 0 bridgehead atoms. The zero-order valence-electron chi connectivity index (χ0n) is 13.9. The highest BCUT2D eigenvalue weighted by molar-refractivity contribution is 5.94. The van der Waals surface area contributed by atoms with Crippen LogP contribution in [0, 0.1) is 13.8 Å². The van der Waals surface area contributed by atoms with E-state index in [2.05, 4.69) is 15.4 Å². The summed E-state index contributed by atoms with van der Waals surface area (Å²) in [5, 5.41) is 7.37. The molecule has 0 fully saturated rings. The smallest absolute Gasteiger partial charge is 0.251 e. The molecule has 0 saturated carbocycles. The van der Waals surface area contributed by atoms with Gasteiger partial charge in [-0.3, -0.25) is 9.78 Å². The Kier molecular flexibility index (Phi) is 4.70. The third-order valence-corrected chi connectivity index (χ3v) is 3.78. The Balaban J connectivity index is 1.61. The lowest BCUT2D eigenvalue weighted by Crippen LogP contribution is -2.25. The Morgan fingerprint density at radius 2 is 1.92 bits per heavy atom. The molecule has 5 heteroatoms. The van der Waals surface area contributed by atoms with Crippen LogP contribution in [0.2, 0.25) is 0 Å². The van der Waals surface area contributed by atoms with Crippen LogP contribution >= 0.6 is 0 Å². The maximum atomic E-state index is 12.2. The fraction of sp³-hybridized carbons (Fsp3) is 0.211. The summed E-state index contributed by atoms with van der Waals surface area (Å²) < 4.78 is 1.87. The second-order valence-electron chi connectivity index (χ2n) is 5.71. The molecule has 2 heterocycles. The highest BCUT2D eigenvalue weighted by atomic mass is 16.1. The predicted octanol–water partition coefficient (Wildman–Crippen LogP) is 2.86. The van der Waals surface area contributed by atoms with Gasteiger partial charge in [0, 0.05) is 36.1 Å². The van der Waals surface area contributed by atoms with Crippen molar-refractivity contribution < 1.29 is 4.79 Å². The normalized spacial score (nSPS) is 10.6. The molecule has 2 aromatic heterocycles. The second kappa shape index (κ2) is 7.08. The van der Waals surface area contributed by atoms with Crippen molar-refractivity contribution in [1.29, 1.82) is 0 Å². The first-order valence-corrected chi connectivity index (χ1v) is 7.95. The molecule has 0 atom stereocenters. The van der Waals surface area contributed by atoms with E-state index in [4.69, 9.17) is 0 Å². The fourth-order valence-corrected chi connectivity index (χ4v) is 2.60. The van der Waals surface area contributed by atoms with Gasteiger partial charge in [0.2, 0.25) is 0 Å². The van der Waals surface area contributed by atoms with Crippen LogP contribution in [0.1, 0.15) is 27.4 Å². The monoisotopic (exact) mass is 320 g/mol. The van der Waals surface area contributed by atoms with Gasteiger partial charge in [-0.15, -0.1) is 0 Å². The maximum Gasteiger partial charge on any atom is 0.251 e. The zero-order chi connectivity index (χ0) is 16.9. The number of rotatable bonds is 5. The van der Waals surface area contributed by atoms with Gasteiger partial charge in [0.05, 0.1) is 11.4 Å². The maximum absolute atomic E-state index is 12.2. The number of nitrogens with zero attached hydrogens (tertiary/aromatic N) is 3. The van der Waals surface area contributed by atoms with E-state index in [-0.39, 0.29) is 5.91 Å². The van der Waals surface area contributed by atoms with Crippen molar-refractivity contribution in [3.63, 3.8) is 0 Å². The number of hydrogen-bond acceptors (Lipinski definition) is 3. The lowest BCUT2D eigenvalue weighted by Gasteiger charge is -2.07. The Morgan fingerprint density at radius 1 is 1.12 bits per heavy atom. The van der Waals surface area contributed by atoms with Gasteiger partial charge in [-0.2, -0.15) is 5.10 Å². The standard InChI is InChI=1S/C19H20N4O/c1-14-13-15(2)23(22-14)18-8-6-16(7-9-18)19(24)21-12-10-17-5-3-4-11-20-17/h3-9,11,13H,10,12H2,1-2H3,(H,21,24). The van der Waals surface area contributed by atoms with Crippen molar-refractivity contribution in [3.05, 3.63) is 77.4 Å². The van der Waals surface area contributed by atoms with E-state index in [0.717, 1.165) is 29.2 Å². The summed E-state index contributed by atoms with van der Waals surface area (Å²) in [6.45, 7) is 4.54. The Labute approximate surface area is 141 Å². The second-order valence-corrected chi connectivity index (χ2v) is 5.71. The lowest BCUT2D eigenvalue weighted by molar-refractivity contribution is 0.0954. The molecule has 5 nitrogen and oxygen atoms in total.